The van der Waals surface area contributed by atoms with Crippen LogP contribution in [0.1, 0.15) is 0 Å². The average Bonchev–Trinajstić information content (AvgIpc) is 2.87. The van der Waals surface area contributed by atoms with Crippen molar-refractivity contribution in [3.63, 3.8) is 0 Å². The van der Waals surface area contributed by atoms with Gasteiger partial charge in [0, 0.05) is 15.4 Å². The first kappa shape index (κ1) is 14.5. The second kappa shape index (κ2) is 5.75. The number of nitrogens with one attached hydrogen (secondary N) is 1. The van der Waals surface area contributed by atoms with Crippen LogP contribution in [-0.2, 0) is 0 Å². The van der Waals surface area contributed by atoms with E-state index in [1.165, 1.54) is 11.3 Å². The Morgan fingerprint density at radius 1 is 1.14 bits per heavy atom. The minimum absolute atomic E-state index is 0.167. The van der Waals surface area contributed by atoms with E-state index in [1.807, 2.05) is 11.4 Å². The highest BCUT2D eigenvalue weighted by atomic mass is 79.9. The lowest BCUT2D eigenvalue weighted by molar-refractivity contribution is 0.454. The van der Waals surface area contributed by atoms with E-state index < -0.39 is 0 Å². The van der Waals surface area contributed by atoms with Gasteiger partial charge in [-0.3, -0.25) is 4.79 Å². The highest BCUT2D eigenvalue weighted by Gasteiger charge is 2.14. The maximum absolute atomic E-state index is 12.3. The number of halogens is 2. The molecule has 106 valence electrons. The Labute approximate surface area is 140 Å². The van der Waals surface area contributed by atoms with Crippen molar-refractivity contribution in [3.8, 4) is 28.4 Å². The molecule has 2 N–H and O–H groups in total. The molecule has 0 fully saturated rings. The first-order valence-corrected chi connectivity index (χ1v) is 8.35. The van der Waals surface area contributed by atoms with Crippen molar-refractivity contribution < 1.29 is 5.11 Å². The Balaban J connectivity index is 2.12. The van der Waals surface area contributed by atoms with Gasteiger partial charge >= 0.3 is 0 Å². The first-order chi connectivity index (χ1) is 10.0. The van der Waals surface area contributed by atoms with Gasteiger partial charge in [-0.15, -0.1) is 11.3 Å². The molecule has 7 heteroatoms. The Bertz CT molecular complexity index is 856. The van der Waals surface area contributed by atoms with Crippen molar-refractivity contribution in [2.24, 2.45) is 0 Å². The SMILES string of the molecule is O=c1[nH]c(-c2csc(Br)c2)nc(O)c1-c1ccc(Br)cc1. The van der Waals surface area contributed by atoms with Gasteiger partial charge in [-0.2, -0.15) is 4.98 Å². The molecular weight excluding hydrogens is 420 g/mol. The van der Waals surface area contributed by atoms with Crippen molar-refractivity contribution in [2.45, 2.75) is 0 Å². The second-order valence-corrected chi connectivity index (χ2v) is 7.47. The van der Waals surface area contributed by atoms with E-state index in [9.17, 15) is 9.90 Å². The van der Waals surface area contributed by atoms with E-state index >= 15 is 0 Å². The lowest BCUT2D eigenvalue weighted by atomic mass is 10.1. The van der Waals surface area contributed by atoms with Crippen LogP contribution in [0.15, 0.2) is 48.8 Å². The van der Waals surface area contributed by atoms with Gasteiger partial charge in [-0.1, -0.05) is 28.1 Å². The molecule has 0 aliphatic heterocycles. The monoisotopic (exact) mass is 426 g/mol. The van der Waals surface area contributed by atoms with E-state index in [0.717, 1.165) is 13.8 Å². The van der Waals surface area contributed by atoms with E-state index in [0.29, 0.717) is 11.4 Å². The Morgan fingerprint density at radius 2 is 1.86 bits per heavy atom. The third kappa shape index (κ3) is 2.95. The molecule has 0 unspecified atom stereocenters. The summed E-state index contributed by atoms with van der Waals surface area (Å²) >= 11 is 8.17. The predicted molar refractivity (Wildman–Crippen MR) is 90.7 cm³/mol. The third-order valence-corrected chi connectivity index (χ3v) is 4.91. The number of aromatic nitrogens is 2. The Morgan fingerprint density at radius 3 is 2.43 bits per heavy atom. The standard InChI is InChI=1S/C14H8Br2N2O2S/c15-9-3-1-7(2-4-9)11-13(19)17-12(18-14(11)20)8-5-10(16)21-6-8/h1-6H,(H2,17,18,19,20). The van der Waals surface area contributed by atoms with Gasteiger partial charge in [0.15, 0.2) is 0 Å². The summed E-state index contributed by atoms with van der Waals surface area (Å²) in [6.45, 7) is 0. The minimum atomic E-state index is -0.373. The normalized spacial score (nSPS) is 10.8. The van der Waals surface area contributed by atoms with Gasteiger partial charge in [0.05, 0.1) is 3.79 Å². The molecule has 0 spiro atoms. The van der Waals surface area contributed by atoms with Crippen LogP contribution >= 0.6 is 43.2 Å². The van der Waals surface area contributed by atoms with Gasteiger partial charge in [0.25, 0.3) is 5.56 Å². The number of benzene rings is 1. The molecule has 3 aromatic rings. The molecule has 0 bridgehead atoms. The van der Waals surface area contributed by atoms with Crippen molar-refractivity contribution in [2.75, 3.05) is 0 Å². The van der Waals surface area contributed by atoms with Crippen LogP contribution in [0, 0.1) is 0 Å². The summed E-state index contributed by atoms with van der Waals surface area (Å²) in [6.07, 6.45) is 0. The molecule has 2 aromatic heterocycles. The number of aromatic amines is 1. The van der Waals surface area contributed by atoms with Crippen LogP contribution in [0.4, 0.5) is 0 Å². The van der Waals surface area contributed by atoms with E-state index in [4.69, 9.17) is 0 Å². The molecule has 0 atom stereocenters. The van der Waals surface area contributed by atoms with Crippen molar-refractivity contribution in [3.05, 3.63) is 54.3 Å². The quantitative estimate of drug-likeness (QED) is 0.637. The fourth-order valence-corrected chi connectivity index (χ4v) is 3.31. The molecule has 0 aliphatic carbocycles. The van der Waals surface area contributed by atoms with E-state index in [2.05, 4.69) is 41.8 Å². The lowest BCUT2D eigenvalue weighted by Crippen LogP contribution is -2.11. The van der Waals surface area contributed by atoms with E-state index in [-0.39, 0.29) is 17.0 Å². The number of nitrogens with zero attached hydrogens (tertiary/aromatic N) is 1. The molecular formula is C14H8Br2N2O2S. The Hall–Kier alpha value is -1.44. The maximum atomic E-state index is 12.3. The summed E-state index contributed by atoms with van der Waals surface area (Å²) in [5, 5.41) is 12.0. The van der Waals surface area contributed by atoms with Gasteiger partial charge < -0.3 is 10.1 Å². The Kier molecular flexibility index (Phi) is 3.97. The second-order valence-electron chi connectivity index (χ2n) is 4.26. The fourth-order valence-electron chi connectivity index (χ4n) is 1.91. The zero-order valence-corrected chi connectivity index (χ0v) is 14.4. The molecule has 0 radical (unpaired) electrons. The number of aromatic hydroxyl groups is 1. The van der Waals surface area contributed by atoms with Crippen molar-refractivity contribution in [1.29, 1.82) is 0 Å². The molecule has 1 aromatic carbocycles. The third-order valence-electron chi connectivity index (χ3n) is 2.87. The largest absolute Gasteiger partial charge is 0.493 e. The molecule has 2 heterocycles. The lowest BCUT2D eigenvalue weighted by Gasteiger charge is -2.05. The maximum Gasteiger partial charge on any atom is 0.262 e. The van der Waals surface area contributed by atoms with Gasteiger partial charge in [0.2, 0.25) is 5.88 Å². The number of H-pyrrole nitrogens is 1. The van der Waals surface area contributed by atoms with Gasteiger partial charge in [0.1, 0.15) is 11.4 Å². The molecule has 0 aliphatic rings. The molecule has 21 heavy (non-hydrogen) atoms. The average molecular weight is 428 g/mol. The van der Waals surface area contributed by atoms with Crippen LogP contribution in [0.25, 0.3) is 22.5 Å². The summed E-state index contributed by atoms with van der Waals surface area (Å²) in [4.78, 5) is 19.0. The van der Waals surface area contributed by atoms with E-state index in [1.54, 1.807) is 24.3 Å². The highest BCUT2D eigenvalue weighted by molar-refractivity contribution is 9.11. The highest BCUT2D eigenvalue weighted by Crippen LogP contribution is 2.30. The molecule has 0 saturated carbocycles. The van der Waals surface area contributed by atoms with Crippen LogP contribution in [0.2, 0.25) is 0 Å². The van der Waals surface area contributed by atoms with Gasteiger partial charge in [-0.25, -0.2) is 0 Å². The topological polar surface area (TPSA) is 66.0 Å². The number of hydrogen-bond acceptors (Lipinski definition) is 4. The molecule has 3 rings (SSSR count). The van der Waals surface area contributed by atoms with Crippen molar-refractivity contribution in [1.82, 2.24) is 9.97 Å². The summed E-state index contributed by atoms with van der Waals surface area (Å²) in [6, 6.07) is 8.94. The summed E-state index contributed by atoms with van der Waals surface area (Å²) < 4.78 is 1.83. The smallest absolute Gasteiger partial charge is 0.262 e. The van der Waals surface area contributed by atoms with Crippen molar-refractivity contribution >= 4 is 43.2 Å². The molecule has 0 amide bonds. The van der Waals surface area contributed by atoms with Crippen LogP contribution < -0.4 is 5.56 Å². The number of hydrogen-bond donors (Lipinski definition) is 2. The zero-order valence-electron chi connectivity index (χ0n) is 10.4. The number of thiophene rings is 1. The summed E-state index contributed by atoms with van der Waals surface area (Å²) in [5.41, 5.74) is 1.16. The van der Waals surface area contributed by atoms with Gasteiger partial charge in [-0.05, 0) is 39.7 Å². The molecule has 4 nitrogen and oxygen atoms in total. The van der Waals surface area contributed by atoms with Crippen LogP contribution in [0.3, 0.4) is 0 Å². The minimum Gasteiger partial charge on any atom is -0.493 e. The number of rotatable bonds is 2. The summed E-state index contributed by atoms with van der Waals surface area (Å²) in [7, 11) is 0. The van der Waals surface area contributed by atoms with Crippen LogP contribution in [-0.4, -0.2) is 15.1 Å². The fraction of sp³-hybridized carbons (Fsp3) is 0. The zero-order chi connectivity index (χ0) is 15.0. The summed E-state index contributed by atoms with van der Waals surface area (Å²) in [5.74, 6) is 0.0682. The predicted octanol–water partition coefficient (Wildman–Crippen LogP) is 4.40. The first-order valence-electron chi connectivity index (χ1n) is 5.88. The van der Waals surface area contributed by atoms with Crippen LogP contribution in [0.5, 0.6) is 5.88 Å². The molecule has 0 saturated heterocycles.